The van der Waals surface area contributed by atoms with E-state index in [1.54, 1.807) is 6.08 Å². The van der Waals surface area contributed by atoms with Crippen LogP contribution in [0.3, 0.4) is 0 Å². The Hall–Kier alpha value is -2.06. The van der Waals surface area contributed by atoms with Crippen molar-refractivity contribution in [3.63, 3.8) is 0 Å². The van der Waals surface area contributed by atoms with Gasteiger partial charge < -0.3 is 19.2 Å². The van der Waals surface area contributed by atoms with E-state index in [-0.39, 0.29) is 19.6 Å². The van der Waals surface area contributed by atoms with Crippen LogP contribution in [0.5, 0.6) is 0 Å². The lowest BCUT2D eigenvalue weighted by Crippen LogP contribution is -2.37. The van der Waals surface area contributed by atoms with Crippen molar-refractivity contribution in [2.75, 3.05) is 47.5 Å². The zero-order valence-electron chi connectivity index (χ0n) is 27.1. The zero-order valence-corrected chi connectivity index (χ0v) is 28.0. The van der Waals surface area contributed by atoms with Crippen molar-refractivity contribution >= 4 is 13.8 Å². The third-order valence-corrected chi connectivity index (χ3v) is 6.99. The lowest BCUT2D eigenvalue weighted by molar-refractivity contribution is -0.870. The summed E-state index contributed by atoms with van der Waals surface area (Å²) in [5.74, 6) is -0.502. The minimum absolute atomic E-state index is 0.0362. The molecule has 1 unspecified atom stereocenters. The number of phosphoric acid groups is 1. The van der Waals surface area contributed by atoms with Crippen LogP contribution < -0.4 is 0 Å². The molecule has 0 heterocycles. The van der Waals surface area contributed by atoms with Gasteiger partial charge in [0.2, 0.25) is 0 Å². The molecule has 0 rings (SSSR count). The zero-order chi connectivity index (χ0) is 32.1. The second-order valence-corrected chi connectivity index (χ2v) is 12.8. The second-order valence-electron chi connectivity index (χ2n) is 11.4. The smallest absolute Gasteiger partial charge is 0.463 e. The molecule has 43 heavy (non-hydrogen) atoms. The van der Waals surface area contributed by atoms with Gasteiger partial charge in [0.1, 0.15) is 25.9 Å². The highest BCUT2D eigenvalue weighted by atomic mass is 31.2. The first-order valence-corrected chi connectivity index (χ1v) is 17.2. The molecule has 0 aliphatic rings. The summed E-state index contributed by atoms with van der Waals surface area (Å²) < 4.78 is 27.0. The van der Waals surface area contributed by atoms with Crippen molar-refractivity contribution in [1.82, 2.24) is 0 Å². The quantitative estimate of drug-likeness (QED) is 0.0317. The van der Waals surface area contributed by atoms with Gasteiger partial charge in [-0.15, -0.1) is 0 Å². The molecule has 0 aromatic rings. The van der Waals surface area contributed by atoms with Gasteiger partial charge in [-0.1, -0.05) is 106 Å². The highest BCUT2D eigenvalue weighted by Crippen LogP contribution is 2.43. The maximum absolute atomic E-state index is 11.8. The summed E-state index contributed by atoms with van der Waals surface area (Å²) in [5, 5.41) is 9.84. The minimum atomic E-state index is -4.27. The molecule has 0 aliphatic carbocycles. The lowest BCUT2D eigenvalue weighted by Gasteiger charge is -2.24. The number of unbranched alkanes of at least 4 members (excludes halogenated alkanes) is 5. The largest absolute Gasteiger partial charge is 0.472 e. The van der Waals surface area contributed by atoms with Gasteiger partial charge in [-0.05, 0) is 44.9 Å². The summed E-state index contributed by atoms with van der Waals surface area (Å²) in [5.41, 5.74) is 0. The van der Waals surface area contributed by atoms with E-state index in [0.29, 0.717) is 17.4 Å². The Morgan fingerprint density at radius 2 is 1.21 bits per heavy atom. The number of likely N-dealkylation sites (N-methyl/N-ethyl adjacent to an activating group) is 1. The molecule has 246 valence electrons. The number of aliphatic hydroxyl groups is 1. The summed E-state index contributed by atoms with van der Waals surface area (Å²) in [6.07, 6.45) is 36.5. The molecule has 0 aromatic heterocycles. The van der Waals surface area contributed by atoms with Crippen LogP contribution in [0.2, 0.25) is 0 Å². The molecule has 0 spiro atoms. The fourth-order valence-electron chi connectivity index (χ4n) is 3.46. The third kappa shape index (κ3) is 32.7. The van der Waals surface area contributed by atoms with Crippen LogP contribution in [-0.4, -0.2) is 74.1 Å². The van der Waals surface area contributed by atoms with Gasteiger partial charge in [0, 0.05) is 0 Å². The van der Waals surface area contributed by atoms with E-state index < -0.39 is 26.5 Å². The molecule has 0 saturated carbocycles. The van der Waals surface area contributed by atoms with Crippen LogP contribution in [0.25, 0.3) is 0 Å². The Bertz CT molecular complexity index is 916. The Balaban J connectivity index is 3.78. The van der Waals surface area contributed by atoms with E-state index in [1.807, 2.05) is 33.3 Å². The first-order chi connectivity index (χ1) is 20.6. The number of rotatable bonds is 27. The van der Waals surface area contributed by atoms with Crippen molar-refractivity contribution in [3.8, 4) is 0 Å². The van der Waals surface area contributed by atoms with Crippen molar-refractivity contribution in [2.45, 2.75) is 90.1 Å². The van der Waals surface area contributed by atoms with Crippen LogP contribution >= 0.6 is 7.82 Å². The normalized spacial score (nSPS) is 15.2. The number of carbonyl (C=O) groups excluding carboxylic acids is 1. The van der Waals surface area contributed by atoms with Gasteiger partial charge in [0.15, 0.2) is 0 Å². The van der Waals surface area contributed by atoms with E-state index in [2.05, 4.69) is 61.6 Å². The number of ether oxygens (including phenoxy) is 1. The molecule has 0 fully saturated rings. The first kappa shape index (κ1) is 40.9. The van der Waals surface area contributed by atoms with Crippen LogP contribution in [0, 0.1) is 0 Å². The van der Waals surface area contributed by atoms with Gasteiger partial charge in [-0.2, -0.15) is 0 Å². The van der Waals surface area contributed by atoms with Crippen molar-refractivity contribution in [2.24, 2.45) is 0 Å². The van der Waals surface area contributed by atoms with Crippen LogP contribution in [-0.2, 0) is 23.1 Å². The van der Waals surface area contributed by atoms with Crippen molar-refractivity contribution < 1.29 is 37.6 Å². The second kappa shape index (κ2) is 27.5. The summed E-state index contributed by atoms with van der Waals surface area (Å²) in [4.78, 5) is 21.4. The van der Waals surface area contributed by atoms with E-state index in [0.717, 1.165) is 25.7 Å². The van der Waals surface area contributed by atoms with E-state index in [1.165, 1.54) is 38.5 Å². The molecule has 0 amide bonds. The maximum atomic E-state index is 11.8. The van der Waals surface area contributed by atoms with E-state index in [9.17, 15) is 19.4 Å². The Morgan fingerprint density at radius 1 is 0.721 bits per heavy atom. The molecular weight excluding hydrogens is 565 g/mol. The number of hydrogen-bond acceptors (Lipinski definition) is 6. The minimum Gasteiger partial charge on any atom is -0.463 e. The number of allylic oxidation sites excluding steroid dienone is 11. The molecule has 0 aliphatic heterocycles. The average Bonchev–Trinajstić information content (AvgIpc) is 2.94. The SMILES string of the molecule is CCCCCCCC=CCC=CCC=CCC=CCC=CCC=CCC(=O)OC[C@@H](O)COP(=O)(O)OCC[N+](C)(C)C. The van der Waals surface area contributed by atoms with Gasteiger partial charge in [-0.25, -0.2) is 4.57 Å². The van der Waals surface area contributed by atoms with Gasteiger partial charge in [0.05, 0.1) is 34.2 Å². The highest BCUT2D eigenvalue weighted by Gasteiger charge is 2.24. The number of nitrogens with zero attached hydrogens (tertiary/aromatic N) is 1. The monoisotopic (exact) mass is 624 g/mol. The predicted octanol–water partition coefficient (Wildman–Crippen LogP) is 7.77. The molecule has 9 heteroatoms. The number of quaternary nitrogens is 1. The fourth-order valence-corrected chi connectivity index (χ4v) is 4.21. The summed E-state index contributed by atoms with van der Waals surface area (Å²) in [6, 6.07) is 0. The van der Waals surface area contributed by atoms with E-state index >= 15 is 0 Å². The molecule has 2 N–H and O–H groups in total. The van der Waals surface area contributed by atoms with Crippen molar-refractivity contribution in [1.29, 1.82) is 0 Å². The summed E-state index contributed by atoms with van der Waals surface area (Å²) >= 11 is 0. The standard InChI is InChI=1S/C34H58NO7P/c1-5-6-7-8-9-10-11-12-13-14-15-16-17-18-19-20-21-22-23-24-25-26-27-28-34(37)40-31-33(36)32-42-43(38,39)41-30-29-35(2,3)4/h11-12,14-15,17-18,20-21,23-24,26-27,33,36H,5-10,13,16,19,22,25,28-32H2,1-4H3/p+1/t33-/m1/s1. The molecule has 0 saturated heterocycles. The van der Waals surface area contributed by atoms with Crippen molar-refractivity contribution in [3.05, 3.63) is 72.9 Å². The first-order valence-electron chi connectivity index (χ1n) is 15.7. The molecular formula is C34H59NO7P+. The Kier molecular flexibility index (Phi) is 26.2. The molecule has 0 bridgehead atoms. The van der Waals surface area contributed by atoms with Crippen LogP contribution in [0.1, 0.15) is 84.0 Å². The third-order valence-electron chi connectivity index (χ3n) is 6.00. The number of aliphatic hydroxyl groups excluding tert-OH is 1. The van der Waals surface area contributed by atoms with Crippen LogP contribution in [0.15, 0.2) is 72.9 Å². The van der Waals surface area contributed by atoms with Gasteiger partial charge >= 0.3 is 13.8 Å². The summed E-state index contributed by atoms with van der Waals surface area (Å²) in [6.45, 7) is 1.99. The predicted molar refractivity (Wildman–Crippen MR) is 178 cm³/mol. The topological polar surface area (TPSA) is 102 Å². The molecule has 0 aromatic carbocycles. The molecule has 0 radical (unpaired) electrons. The lowest BCUT2D eigenvalue weighted by atomic mass is 10.1. The Morgan fingerprint density at radius 3 is 1.72 bits per heavy atom. The van der Waals surface area contributed by atoms with Gasteiger partial charge in [0.25, 0.3) is 0 Å². The number of phosphoric ester groups is 1. The highest BCUT2D eigenvalue weighted by molar-refractivity contribution is 7.47. The molecule has 2 atom stereocenters. The van der Waals surface area contributed by atoms with Crippen LogP contribution in [0.4, 0.5) is 0 Å². The fraction of sp³-hybridized carbons (Fsp3) is 0.618. The average molecular weight is 625 g/mol. The number of carbonyl (C=O) groups is 1. The number of hydrogen-bond donors (Lipinski definition) is 2. The summed E-state index contributed by atoms with van der Waals surface area (Å²) in [7, 11) is 1.50. The Labute approximate surface area is 261 Å². The molecule has 8 nitrogen and oxygen atoms in total. The maximum Gasteiger partial charge on any atom is 0.472 e. The van der Waals surface area contributed by atoms with Gasteiger partial charge in [-0.3, -0.25) is 13.8 Å². The van der Waals surface area contributed by atoms with E-state index in [4.69, 9.17) is 13.8 Å². The number of esters is 1.